The van der Waals surface area contributed by atoms with Gasteiger partial charge in [-0.25, -0.2) is 0 Å². The van der Waals surface area contributed by atoms with E-state index in [-0.39, 0.29) is 17.7 Å². The molecule has 0 radical (unpaired) electrons. The summed E-state index contributed by atoms with van der Waals surface area (Å²) in [4.78, 5) is 24.6. The van der Waals surface area contributed by atoms with Crippen LogP contribution in [0.1, 0.15) is 44.6 Å². The third-order valence-corrected chi connectivity index (χ3v) is 4.81. The fourth-order valence-electron chi connectivity index (χ4n) is 3.12. The van der Waals surface area contributed by atoms with E-state index in [4.69, 9.17) is 5.73 Å². The van der Waals surface area contributed by atoms with Gasteiger partial charge in [0.2, 0.25) is 5.91 Å². The van der Waals surface area contributed by atoms with Crippen molar-refractivity contribution in [1.82, 2.24) is 0 Å². The van der Waals surface area contributed by atoms with Gasteiger partial charge in [-0.2, -0.15) is 0 Å². The van der Waals surface area contributed by atoms with Crippen molar-refractivity contribution in [3.05, 3.63) is 29.8 Å². The van der Waals surface area contributed by atoms with Crippen LogP contribution in [0.4, 0.5) is 5.69 Å². The van der Waals surface area contributed by atoms with E-state index in [0.29, 0.717) is 19.0 Å². The first kappa shape index (κ1) is 17.5. The first-order chi connectivity index (χ1) is 11.0. The highest BCUT2D eigenvalue weighted by Gasteiger charge is 2.28. The summed E-state index contributed by atoms with van der Waals surface area (Å²) in [5.74, 6) is 0.175. The predicted octanol–water partition coefficient (Wildman–Crippen LogP) is 0.919. The van der Waals surface area contributed by atoms with Gasteiger partial charge in [-0.05, 0) is 42.9 Å². The number of primary amides is 1. The summed E-state index contributed by atoms with van der Waals surface area (Å²) in [5.41, 5.74) is 7.49. The van der Waals surface area contributed by atoms with Crippen molar-refractivity contribution in [3.63, 3.8) is 0 Å². The third-order valence-electron chi connectivity index (χ3n) is 4.81. The minimum absolute atomic E-state index is 0.0126. The summed E-state index contributed by atoms with van der Waals surface area (Å²) >= 11 is 0. The Morgan fingerprint density at radius 2 is 2.04 bits per heavy atom. The summed E-state index contributed by atoms with van der Waals surface area (Å²) in [6, 6.07) is 8.05. The number of amides is 2. The maximum atomic E-state index is 12.2. The van der Waals surface area contributed by atoms with E-state index in [1.165, 1.54) is 5.56 Å². The van der Waals surface area contributed by atoms with Gasteiger partial charge in [-0.15, -0.1) is 0 Å². The molecular weight excluding hydrogens is 290 g/mol. The lowest BCUT2D eigenvalue weighted by Crippen LogP contribution is -3.14. The van der Waals surface area contributed by atoms with Crippen molar-refractivity contribution in [2.24, 2.45) is 11.7 Å². The zero-order valence-corrected chi connectivity index (χ0v) is 14.1. The molecule has 3 atom stereocenters. The summed E-state index contributed by atoms with van der Waals surface area (Å²) in [6.07, 6.45) is 2.89. The van der Waals surface area contributed by atoms with Crippen LogP contribution in [-0.4, -0.2) is 31.4 Å². The lowest BCUT2D eigenvalue weighted by atomic mass is 9.97. The van der Waals surface area contributed by atoms with Crippen molar-refractivity contribution in [3.8, 4) is 0 Å². The lowest BCUT2D eigenvalue weighted by molar-refractivity contribution is -0.899. The van der Waals surface area contributed by atoms with E-state index in [0.717, 1.165) is 36.4 Å². The number of hydrogen-bond donors (Lipinski definition) is 3. The van der Waals surface area contributed by atoms with Crippen LogP contribution in [0.25, 0.3) is 0 Å². The summed E-state index contributed by atoms with van der Waals surface area (Å²) < 4.78 is 0. The minimum Gasteiger partial charge on any atom is -0.369 e. The van der Waals surface area contributed by atoms with Crippen LogP contribution in [-0.2, 0) is 9.59 Å². The Kier molecular flexibility index (Phi) is 6.16. The van der Waals surface area contributed by atoms with E-state index in [1.54, 1.807) is 0 Å². The fourth-order valence-corrected chi connectivity index (χ4v) is 3.12. The number of quaternary nitrogens is 1. The molecule has 5 heteroatoms. The second kappa shape index (κ2) is 8.11. The Balaban J connectivity index is 1.85. The third kappa shape index (κ3) is 5.06. The number of likely N-dealkylation sites (tertiary alicyclic amines) is 1. The van der Waals surface area contributed by atoms with Gasteiger partial charge in [0.1, 0.15) is 0 Å². The van der Waals surface area contributed by atoms with Gasteiger partial charge in [0.15, 0.2) is 6.54 Å². The van der Waals surface area contributed by atoms with Gasteiger partial charge in [-0.3, -0.25) is 9.59 Å². The average molecular weight is 318 g/mol. The molecule has 1 unspecified atom stereocenters. The number of carbonyl (C=O) groups excluding carboxylic acids is 2. The van der Waals surface area contributed by atoms with E-state index in [2.05, 4.69) is 31.3 Å². The Bertz CT molecular complexity index is 542. The van der Waals surface area contributed by atoms with Gasteiger partial charge in [0.05, 0.1) is 19.0 Å². The fraction of sp³-hybridized carbons (Fsp3) is 0.556. The van der Waals surface area contributed by atoms with Gasteiger partial charge < -0.3 is 16.0 Å². The molecule has 5 nitrogen and oxygen atoms in total. The Morgan fingerprint density at radius 3 is 2.65 bits per heavy atom. The lowest BCUT2D eigenvalue weighted by Gasteiger charge is -2.27. The molecule has 0 spiro atoms. The number of rotatable bonds is 6. The van der Waals surface area contributed by atoms with Gasteiger partial charge in [0.25, 0.3) is 5.91 Å². The molecule has 1 heterocycles. The molecule has 1 aliphatic rings. The molecule has 4 N–H and O–H groups in total. The molecule has 126 valence electrons. The first-order valence-corrected chi connectivity index (χ1v) is 8.52. The van der Waals surface area contributed by atoms with Crippen LogP contribution < -0.4 is 16.0 Å². The second-order valence-corrected chi connectivity index (χ2v) is 6.60. The Labute approximate surface area is 138 Å². The molecule has 1 aromatic rings. The molecule has 23 heavy (non-hydrogen) atoms. The molecule has 1 aliphatic heterocycles. The van der Waals surface area contributed by atoms with Gasteiger partial charge in [-0.1, -0.05) is 26.0 Å². The molecular formula is C18H28N3O2+. The maximum absolute atomic E-state index is 12.2. The molecule has 2 rings (SSSR count). The van der Waals surface area contributed by atoms with E-state index in [1.807, 2.05) is 12.1 Å². The number of piperidine rings is 1. The number of nitrogens with two attached hydrogens (primary N) is 1. The molecule has 0 aromatic heterocycles. The highest BCUT2D eigenvalue weighted by atomic mass is 16.2. The largest absolute Gasteiger partial charge is 0.369 e. The van der Waals surface area contributed by atoms with Crippen LogP contribution in [0.3, 0.4) is 0 Å². The number of carbonyl (C=O) groups is 2. The number of nitrogens with one attached hydrogen (secondary N) is 2. The minimum atomic E-state index is -0.247. The first-order valence-electron chi connectivity index (χ1n) is 8.52. The standard InChI is InChI=1S/C18H27N3O2/c1-3-13(2)14-6-8-16(9-7-14)20-17(22)12-21-10-4-5-15(11-21)18(19)23/h6-9,13,15H,3-5,10-12H2,1-2H3,(H2,19,23)(H,20,22)/p+1/t13-,15+/m1/s1. The summed E-state index contributed by atoms with van der Waals surface area (Å²) in [7, 11) is 0. The SMILES string of the molecule is CC[C@@H](C)c1ccc(NC(=O)C[NH+]2CCC[C@H](C(N)=O)C2)cc1. The molecule has 1 saturated heterocycles. The highest BCUT2D eigenvalue weighted by molar-refractivity contribution is 5.91. The van der Waals surface area contributed by atoms with Crippen molar-refractivity contribution in [1.29, 1.82) is 0 Å². The Hall–Kier alpha value is -1.88. The number of hydrogen-bond acceptors (Lipinski definition) is 2. The van der Waals surface area contributed by atoms with Crippen LogP contribution in [0.15, 0.2) is 24.3 Å². The van der Waals surface area contributed by atoms with Crippen molar-refractivity contribution in [2.75, 3.05) is 25.0 Å². The number of anilines is 1. The van der Waals surface area contributed by atoms with Crippen LogP contribution >= 0.6 is 0 Å². The topological polar surface area (TPSA) is 76.6 Å². The van der Waals surface area contributed by atoms with Crippen molar-refractivity contribution >= 4 is 17.5 Å². The Morgan fingerprint density at radius 1 is 1.35 bits per heavy atom. The van der Waals surface area contributed by atoms with Crippen LogP contribution in [0, 0.1) is 5.92 Å². The zero-order chi connectivity index (χ0) is 16.8. The van der Waals surface area contributed by atoms with Crippen LogP contribution in [0.5, 0.6) is 0 Å². The summed E-state index contributed by atoms with van der Waals surface area (Å²) in [6.45, 7) is 6.33. The molecule has 1 fully saturated rings. The monoisotopic (exact) mass is 318 g/mol. The molecule has 0 aliphatic carbocycles. The molecule has 1 aromatic carbocycles. The normalized spacial score (nSPS) is 22.3. The number of benzene rings is 1. The maximum Gasteiger partial charge on any atom is 0.279 e. The second-order valence-electron chi connectivity index (χ2n) is 6.60. The van der Waals surface area contributed by atoms with Crippen molar-refractivity contribution in [2.45, 2.75) is 39.0 Å². The molecule has 0 bridgehead atoms. The smallest absolute Gasteiger partial charge is 0.279 e. The van der Waals surface area contributed by atoms with E-state index < -0.39 is 0 Å². The van der Waals surface area contributed by atoms with Crippen molar-refractivity contribution < 1.29 is 14.5 Å². The quantitative estimate of drug-likeness (QED) is 0.729. The molecule has 0 saturated carbocycles. The summed E-state index contributed by atoms with van der Waals surface area (Å²) in [5, 5.41) is 2.94. The molecule has 2 amide bonds. The van der Waals surface area contributed by atoms with E-state index >= 15 is 0 Å². The van der Waals surface area contributed by atoms with Gasteiger partial charge in [0, 0.05) is 5.69 Å². The average Bonchev–Trinajstić information content (AvgIpc) is 2.55. The van der Waals surface area contributed by atoms with Gasteiger partial charge >= 0.3 is 0 Å². The highest BCUT2D eigenvalue weighted by Crippen LogP contribution is 2.20. The zero-order valence-electron chi connectivity index (χ0n) is 14.1. The van der Waals surface area contributed by atoms with E-state index in [9.17, 15) is 9.59 Å². The van der Waals surface area contributed by atoms with Crippen LogP contribution in [0.2, 0.25) is 0 Å². The predicted molar refractivity (Wildman–Crippen MR) is 91.3 cm³/mol.